The van der Waals surface area contributed by atoms with Crippen molar-refractivity contribution in [1.29, 1.82) is 0 Å². The molecule has 1 aromatic carbocycles. The molecule has 88 valence electrons. The summed E-state index contributed by atoms with van der Waals surface area (Å²) in [5.41, 5.74) is 7.48. The number of thiol groups is 2. The molecule has 0 bridgehead atoms. The van der Waals surface area contributed by atoms with Crippen molar-refractivity contribution in [2.75, 3.05) is 5.73 Å². The normalized spacial score (nSPS) is 10.2. The standard InChI is InChI=1S/C7H12S.C6H7NS/c1-6(2)4-5-7(3)8;7-5-1-3-6(8)4-2-5/h4-5,8H,1-3H3;1-4,8H,7H2/b7-5+;. The van der Waals surface area contributed by atoms with Crippen molar-refractivity contribution >= 4 is 30.9 Å². The van der Waals surface area contributed by atoms with E-state index in [1.165, 1.54) is 5.57 Å². The lowest BCUT2D eigenvalue weighted by Crippen LogP contribution is -1.80. The highest BCUT2D eigenvalue weighted by atomic mass is 32.1. The van der Waals surface area contributed by atoms with Crippen LogP contribution < -0.4 is 5.73 Å². The maximum Gasteiger partial charge on any atom is 0.0314 e. The Morgan fingerprint density at radius 3 is 1.81 bits per heavy atom. The number of hydrogen-bond donors (Lipinski definition) is 3. The molecule has 0 aliphatic heterocycles. The van der Waals surface area contributed by atoms with Crippen molar-refractivity contribution in [1.82, 2.24) is 0 Å². The molecule has 0 heterocycles. The zero-order chi connectivity index (χ0) is 12.6. The van der Waals surface area contributed by atoms with Crippen LogP contribution in [-0.2, 0) is 0 Å². The van der Waals surface area contributed by atoms with E-state index in [1.807, 2.05) is 43.3 Å². The van der Waals surface area contributed by atoms with Gasteiger partial charge in [-0.15, -0.1) is 25.3 Å². The summed E-state index contributed by atoms with van der Waals surface area (Å²) in [5.74, 6) is 0. The van der Waals surface area contributed by atoms with Crippen molar-refractivity contribution in [3.05, 3.63) is 46.9 Å². The first kappa shape index (κ1) is 15.2. The molecule has 0 aromatic heterocycles. The number of hydrogen-bond acceptors (Lipinski definition) is 3. The van der Waals surface area contributed by atoms with E-state index in [4.69, 9.17) is 5.73 Å². The molecular weight excluding hydrogens is 234 g/mol. The molecule has 1 nitrogen and oxygen atoms in total. The summed E-state index contributed by atoms with van der Waals surface area (Å²) < 4.78 is 0. The summed E-state index contributed by atoms with van der Waals surface area (Å²) in [5, 5.41) is 0. The van der Waals surface area contributed by atoms with Crippen molar-refractivity contribution < 1.29 is 0 Å². The van der Waals surface area contributed by atoms with Crippen molar-refractivity contribution in [2.45, 2.75) is 25.7 Å². The van der Waals surface area contributed by atoms with Crippen molar-refractivity contribution in [3.8, 4) is 0 Å². The van der Waals surface area contributed by atoms with Crippen LogP contribution in [0.1, 0.15) is 20.8 Å². The lowest BCUT2D eigenvalue weighted by atomic mass is 10.3. The molecule has 0 amide bonds. The Labute approximate surface area is 109 Å². The second-order valence-corrected chi connectivity index (χ2v) is 4.87. The molecule has 1 rings (SSSR count). The van der Waals surface area contributed by atoms with Gasteiger partial charge in [-0.05, 0) is 49.9 Å². The quantitative estimate of drug-likeness (QED) is 0.387. The monoisotopic (exact) mass is 253 g/mol. The van der Waals surface area contributed by atoms with Crippen LogP contribution >= 0.6 is 25.3 Å². The SMILES string of the molecule is CC(C)=C/C=C(\C)S.Nc1ccc(S)cc1. The van der Waals surface area contributed by atoms with Crippen LogP contribution in [0.3, 0.4) is 0 Å². The van der Waals surface area contributed by atoms with Crippen molar-refractivity contribution in [3.63, 3.8) is 0 Å². The fourth-order valence-electron chi connectivity index (χ4n) is 0.762. The van der Waals surface area contributed by atoms with Gasteiger partial charge >= 0.3 is 0 Å². The minimum atomic E-state index is 0.780. The first-order valence-electron chi connectivity index (χ1n) is 4.97. The molecule has 3 heteroatoms. The Balaban J connectivity index is 0.000000281. The zero-order valence-electron chi connectivity index (χ0n) is 9.94. The van der Waals surface area contributed by atoms with Crippen molar-refractivity contribution in [2.24, 2.45) is 0 Å². The first-order valence-corrected chi connectivity index (χ1v) is 5.86. The van der Waals surface area contributed by atoms with Gasteiger partial charge in [0, 0.05) is 10.6 Å². The maximum atomic E-state index is 5.39. The average Bonchev–Trinajstić information content (AvgIpc) is 2.20. The largest absolute Gasteiger partial charge is 0.399 e. The third-order valence-corrected chi connectivity index (χ3v) is 2.00. The van der Waals surface area contributed by atoms with Gasteiger partial charge in [-0.3, -0.25) is 0 Å². The number of rotatable bonds is 1. The minimum Gasteiger partial charge on any atom is -0.399 e. The smallest absolute Gasteiger partial charge is 0.0314 e. The van der Waals surface area contributed by atoms with Crippen LogP contribution in [0, 0.1) is 0 Å². The molecule has 0 aliphatic carbocycles. The summed E-state index contributed by atoms with van der Waals surface area (Å²) in [6, 6.07) is 7.36. The molecule has 0 spiro atoms. The van der Waals surface area contributed by atoms with Gasteiger partial charge in [0.25, 0.3) is 0 Å². The molecule has 0 radical (unpaired) electrons. The van der Waals surface area contributed by atoms with E-state index in [9.17, 15) is 0 Å². The molecule has 0 saturated heterocycles. The fourth-order valence-corrected chi connectivity index (χ4v) is 0.985. The molecule has 1 aromatic rings. The Morgan fingerprint density at radius 2 is 1.56 bits per heavy atom. The van der Waals surface area contributed by atoms with Crippen LogP contribution in [0.25, 0.3) is 0 Å². The van der Waals surface area contributed by atoms with Gasteiger partial charge in [-0.25, -0.2) is 0 Å². The molecule has 0 fully saturated rings. The first-order chi connectivity index (χ1) is 7.41. The molecule has 0 saturated carbocycles. The number of allylic oxidation sites excluding steroid dienone is 4. The lowest BCUT2D eigenvalue weighted by Gasteiger charge is -1.89. The van der Waals surface area contributed by atoms with Gasteiger partial charge in [-0.2, -0.15) is 0 Å². The van der Waals surface area contributed by atoms with Crippen LogP contribution in [0.2, 0.25) is 0 Å². The van der Waals surface area contributed by atoms with Gasteiger partial charge in [0.15, 0.2) is 0 Å². The molecule has 0 atom stereocenters. The van der Waals surface area contributed by atoms with E-state index in [2.05, 4.69) is 39.1 Å². The van der Waals surface area contributed by atoms with Crippen LogP contribution in [0.5, 0.6) is 0 Å². The summed E-state index contributed by atoms with van der Waals surface area (Å²) in [6.07, 6.45) is 4.03. The fraction of sp³-hybridized carbons (Fsp3) is 0.231. The van der Waals surface area contributed by atoms with Gasteiger partial charge < -0.3 is 5.73 Å². The Morgan fingerprint density at radius 1 is 1.06 bits per heavy atom. The second-order valence-electron chi connectivity index (χ2n) is 3.64. The van der Waals surface area contributed by atoms with Crippen LogP contribution in [-0.4, -0.2) is 0 Å². The third-order valence-electron chi connectivity index (χ3n) is 1.55. The van der Waals surface area contributed by atoms with Crippen LogP contribution in [0.15, 0.2) is 51.8 Å². The zero-order valence-corrected chi connectivity index (χ0v) is 11.7. The Hall–Kier alpha value is -0.800. The highest BCUT2D eigenvalue weighted by Gasteiger charge is 1.81. The van der Waals surface area contributed by atoms with E-state index in [0.717, 1.165) is 15.5 Å². The van der Waals surface area contributed by atoms with Gasteiger partial charge in [0.1, 0.15) is 0 Å². The lowest BCUT2D eigenvalue weighted by molar-refractivity contribution is 1.39. The number of nitrogen functional groups attached to an aromatic ring is 1. The van der Waals surface area contributed by atoms with E-state index in [0.29, 0.717) is 0 Å². The number of anilines is 1. The highest BCUT2D eigenvalue weighted by molar-refractivity contribution is 7.84. The van der Waals surface area contributed by atoms with Gasteiger partial charge in [0.2, 0.25) is 0 Å². The van der Waals surface area contributed by atoms with E-state index < -0.39 is 0 Å². The number of benzene rings is 1. The maximum absolute atomic E-state index is 5.39. The molecule has 0 unspecified atom stereocenters. The summed E-state index contributed by atoms with van der Waals surface area (Å²) >= 11 is 8.17. The topological polar surface area (TPSA) is 26.0 Å². The molecule has 16 heavy (non-hydrogen) atoms. The van der Waals surface area contributed by atoms with E-state index in [1.54, 1.807) is 0 Å². The Bertz CT molecular complexity index is 319. The van der Waals surface area contributed by atoms with Crippen LogP contribution in [0.4, 0.5) is 5.69 Å². The molecular formula is C13H19NS2. The predicted octanol–water partition coefficient (Wildman–Crippen LogP) is 4.34. The minimum absolute atomic E-state index is 0.780. The van der Waals surface area contributed by atoms with E-state index >= 15 is 0 Å². The number of nitrogens with two attached hydrogens (primary N) is 1. The molecule has 2 N–H and O–H groups in total. The van der Waals surface area contributed by atoms with Gasteiger partial charge in [0.05, 0.1) is 0 Å². The Kier molecular flexibility index (Phi) is 7.95. The summed E-state index contributed by atoms with van der Waals surface area (Å²) in [4.78, 5) is 1.99. The summed E-state index contributed by atoms with van der Waals surface area (Å²) in [6.45, 7) is 6.09. The van der Waals surface area contributed by atoms with E-state index in [-0.39, 0.29) is 0 Å². The second kappa shape index (κ2) is 8.36. The summed E-state index contributed by atoms with van der Waals surface area (Å²) in [7, 11) is 0. The molecule has 0 aliphatic rings. The average molecular weight is 253 g/mol. The third kappa shape index (κ3) is 9.74. The highest BCUT2D eigenvalue weighted by Crippen LogP contribution is 2.07. The van der Waals surface area contributed by atoms with Gasteiger partial charge in [-0.1, -0.05) is 17.7 Å². The predicted molar refractivity (Wildman–Crippen MR) is 80.3 cm³/mol.